The van der Waals surface area contributed by atoms with E-state index >= 15 is 0 Å². The van der Waals surface area contributed by atoms with Gasteiger partial charge in [-0.1, -0.05) is 0 Å². The summed E-state index contributed by atoms with van der Waals surface area (Å²) < 4.78 is 27.0. The summed E-state index contributed by atoms with van der Waals surface area (Å²) in [5.41, 5.74) is 1.13. The predicted octanol–water partition coefficient (Wildman–Crippen LogP) is 2.73. The first kappa shape index (κ1) is 14.2. The zero-order valence-electron chi connectivity index (χ0n) is 11.2. The second-order valence-electron chi connectivity index (χ2n) is 4.61. The summed E-state index contributed by atoms with van der Waals surface area (Å²) in [4.78, 5) is 16.3. The maximum absolute atomic E-state index is 13.8. The number of aromatic nitrogens is 1. The third-order valence-electron chi connectivity index (χ3n) is 3.05. The van der Waals surface area contributed by atoms with Crippen molar-refractivity contribution in [3.8, 4) is 0 Å². The Morgan fingerprint density at radius 3 is 2.75 bits per heavy atom. The summed E-state index contributed by atoms with van der Waals surface area (Å²) in [6.45, 7) is 1.95. The van der Waals surface area contributed by atoms with Gasteiger partial charge in [-0.25, -0.2) is 13.8 Å². The molecule has 0 atom stereocenters. The van der Waals surface area contributed by atoms with E-state index in [2.05, 4.69) is 4.98 Å². The fourth-order valence-electron chi connectivity index (χ4n) is 2.04. The van der Waals surface area contributed by atoms with Crippen LogP contribution in [-0.4, -0.2) is 29.7 Å². The van der Waals surface area contributed by atoms with Crippen LogP contribution in [-0.2, 0) is 4.79 Å². The van der Waals surface area contributed by atoms with Crippen LogP contribution in [0.15, 0.2) is 18.2 Å². The molecule has 1 heterocycles. The number of pyridine rings is 1. The first-order chi connectivity index (χ1) is 9.40. The molecule has 0 fully saturated rings. The standard InChI is InChI=1S/C14H14F2N2O2/c1-8-7-11(18(2)6-5-12(19)20)9-3-4-10(15)13(16)14(9)17-8/h3-4,7H,5-6H2,1-2H3,(H,19,20). The van der Waals surface area contributed by atoms with E-state index in [0.29, 0.717) is 16.8 Å². The van der Waals surface area contributed by atoms with Gasteiger partial charge in [-0.05, 0) is 25.1 Å². The summed E-state index contributed by atoms with van der Waals surface area (Å²) in [5, 5.41) is 9.17. The predicted molar refractivity (Wildman–Crippen MR) is 71.9 cm³/mol. The highest BCUT2D eigenvalue weighted by atomic mass is 19.2. The molecule has 1 N–H and O–H groups in total. The average molecular weight is 280 g/mol. The van der Waals surface area contributed by atoms with Gasteiger partial charge in [0.25, 0.3) is 0 Å². The Morgan fingerprint density at radius 2 is 2.10 bits per heavy atom. The second kappa shape index (κ2) is 5.40. The number of carboxylic acid groups (broad SMARTS) is 1. The molecule has 0 aliphatic rings. The molecule has 1 aromatic carbocycles. The first-order valence-electron chi connectivity index (χ1n) is 6.08. The van der Waals surface area contributed by atoms with Crippen LogP contribution >= 0.6 is 0 Å². The van der Waals surface area contributed by atoms with Crippen LogP contribution in [0.4, 0.5) is 14.5 Å². The largest absolute Gasteiger partial charge is 0.481 e. The number of rotatable bonds is 4. The quantitative estimate of drug-likeness (QED) is 0.935. The Morgan fingerprint density at radius 1 is 1.40 bits per heavy atom. The van der Waals surface area contributed by atoms with E-state index in [1.165, 1.54) is 6.07 Å². The van der Waals surface area contributed by atoms with Crippen molar-refractivity contribution in [1.82, 2.24) is 4.98 Å². The maximum atomic E-state index is 13.8. The Labute approximate surface area is 114 Å². The van der Waals surface area contributed by atoms with Crippen LogP contribution in [0.5, 0.6) is 0 Å². The zero-order valence-corrected chi connectivity index (χ0v) is 11.2. The molecule has 0 saturated carbocycles. The number of carbonyl (C=O) groups is 1. The molecule has 0 aliphatic heterocycles. The highest BCUT2D eigenvalue weighted by Gasteiger charge is 2.15. The van der Waals surface area contributed by atoms with Gasteiger partial charge in [0.15, 0.2) is 11.6 Å². The van der Waals surface area contributed by atoms with Gasteiger partial charge in [0.1, 0.15) is 5.52 Å². The molecule has 0 saturated heterocycles. The topological polar surface area (TPSA) is 53.4 Å². The average Bonchev–Trinajstić information content (AvgIpc) is 2.40. The lowest BCUT2D eigenvalue weighted by Gasteiger charge is -2.21. The van der Waals surface area contributed by atoms with Gasteiger partial charge in [0, 0.05) is 30.4 Å². The van der Waals surface area contributed by atoms with E-state index in [-0.39, 0.29) is 18.5 Å². The smallest absolute Gasteiger partial charge is 0.305 e. The number of anilines is 1. The molecule has 4 nitrogen and oxygen atoms in total. The third-order valence-corrected chi connectivity index (χ3v) is 3.05. The minimum absolute atomic E-state index is 0.0387. The lowest BCUT2D eigenvalue weighted by atomic mass is 10.1. The van der Waals surface area contributed by atoms with Crippen molar-refractivity contribution in [2.24, 2.45) is 0 Å². The highest BCUT2D eigenvalue weighted by molar-refractivity contribution is 5.92. The molecule has 20 heavy (non-hydrogen) atoms. The van der Waals surface area contributed by atoms with Crippen LogP contribution in [0.2, 0.25) is 0 Å². The lowest BCUT2D eigenvalue weighted by Crippen LogP contribution is -2.21. The molecule has 0 unspecified atom stereocenters. The molecule has 0 amide bonds. The number of nitrogens with zero attached hydrogens (tertiary/aromatic N) is 2. The van der Waals surface area contributed by atoms with Crippen molar-refractivity contribution in [2.75, 3.05) is 18.5 Å². The molecule has 0 aliphatic carbocycles. The maximum Gasteiger partial charge on any atom is 0.305 e. The van der Waals surface area contributed by atoms with Gasteiger partial charge in [0.2, 0.25) is 0 Å². The van der Waals surface area contributed by atoms with Gasteiger partial charge < -0.3 is 10.0 Å². The monoisotopic (exact) mass is 280 g/mol. The van der Waals surface area contributed by atoms with Gasteiger partial charge >= 0.3 is 5.97 Å². The van der Waals surface area contributed by atoms with Crippen LogP contribution in [0, 0.1) is 18.6 Å². The molecule has 2 rings (SSSR count). The van der Waals surface area contributed by atoms with E-state index in [1.807, 2.05) is 0 Å². The number of hydrogen-bond acceptors (Lipinski definition) is 3. The number of benzene rings is 1. The van der Waals surface area contributed by atoms with Gasteiger partial charge in [-0.3, -0.25) is 4.79 Å². The number of fused-ring (bicyclic) bond motifs is 1. The van der Waals surface area contributed by atoms with E-state index in [0.717, 1.165) is 6.07 Å². The molecular weight excluding hydrogens is 266 g/mol. The van der Waals surface area contributed by atoms with Gasteiger partial charge in [-0.2, -0.15) is 0 Å². The van der Waals surface area contributed by atoms with Gasteiger partial charge in [0.05, 0.1) is 6.42 Å². The summed E-state index contributed by atoms with van der Waals surface area (Å²) >= 11 is 0. The number of halogens is 2. The minimum atomic E-state index is -0.987. The van der Waals surface area contributed by atoms with E-state index in [1.54, 1.807) is 24.9 Å². The van der Waals surface area contributed by atoms with Crippen molar-refractivity contribution < 1.29 is 18.7 Å². The molecule has 2 aromatic rings. The number of carboxylic acids is 1. The van der Waals surface area contributed by atoms with Crippen LogP contribution in [0.1, 0.15) is 12.1 Å². The van der Waals surface area contributed by atoms with Crippen molar-refractivity contribution in [1.29, 1.82) is 0 Å². The van der Waals surface area contributed by atoms with Crippen LogP contribution in [0.25, 0.3) is 10.9 Å². The van der Waals surface area contributed by atoms with E-state index < -0.39 is 17.6 Å². The summed E-state index contributed by atoms with van der Waals surface area (Å²) in [7, 11) is 1.71. The Balaban J connectivity index is 2.52. The van der Waals surface area contributed by atoms with Gasteiger partial charge in [-0.15, -0.1) is 0 Å². The first-order valence-corrected chi connectivity index (χ1v) is 6.08. The molecular formula is C14H14F2N2O2. The zero-order chi connectivity index (χ0) is 14.9. The fraction of sp³-hybridized carbons (Fsp3) is 0.286. The molecule has 0 bridgehead atoms. The molecule has 0 radical (unpaired) electrons. The molecule has 6 heteroatoms. The summed E-state index contributed by atoms with van der Waals surface area (Å²) in [6.07, 6.45) is -0.0387. The van der Waals surface area contributed by atoms with Crippen molar-refractivity contribution in [3.63, 3.8) is 0 Å². The van der Waals surface area contributed by atoms with Crippen LogP contribution in [0.3, 0.4) is 0 Å². The van der Waals surface area contributed by atoms with E-state index in [4.69, 9.17) is 5.11 Å². The fourth-order valence-corrected chi connectivity index (χ4v) is 2.04. The molecule has 0 spiro atoms. The number of hydrogen-bond donors (Lipinski definition) is 1. The molecule has 106 valence electrons. The Kier molecular flexibility index (Phi) is 3.83. The number of aliphatic carboxylic acids is 1. The van der Waals surface area contributed by atoms with Crippen molar-refractivity contribution in [2.45, 2.75) is 13.3 Å². The molecule has 1 aromatic heterocycles. The lowest BCUT2D eigenvalue weighted by molar-refractivity contribution is -0.136. The van der Waals surface area contributed by atoms with Crippen molar-refractivity contribution >= 4 is 22.6 Å². The highest BCUT2D eigenvalue weighted by Crippen LogP contribution is 2.28. The third kappa shape index (κ3) is 2.68. The second-order valence-corrected chi connectivity index (χ2v) is 4.61. The SMILES string of the molecule is Cc1cc(N(C)CCC(=O)O)c2ccc(F)c(F)c2n1. The van der Waals surface area contributed by atoms with Crippen molar-refractivity contribution in [3.05, 3.63) is 35.5 Å². The summed E-state index contributed by atoms with van der Waals surface area (Å²) in [5.74, 6) is -2.85. The Hall–Kier alpha value is -2.24. The summed E-state index contributed by atoms with van der Waals surface area (Å²) in [6, 6.07) is 4.22. The van der Waals surface area contributed by atoms with Crippen LogP contribution < -0.4 is 4.90 Å². The normalized spacial score (nSPS) is 10.8. The van der Waals surface area contributed by atoms with E-state index in [9.17, 15) is 13.6 Å². The number of aryl methyl sites for hydroxylation is 1. The minimum Gasteiger partial charge on any atom is -0.481 e. The Bertz CT molecular complexity index is 674.